The van der Waals surface area contributed by atoms with Gasteiger partial charge in [-0.1, -0.05) is 32.6 Å². The number of unbranched alkanes of at least 4 members (excludes halogenated alkanes) is 4. The molecule has 0 bridgehead atoms. The molecular formula is C8H19O3PS. The first-order valence-electron chi connectivity index (χ1n) is 4.68. The highest BCUT2D eigenvalue weighted by molar-refractivity contribution is 8.04. The lowest BCUT2D eigenvalue weighted by molar-refractivity contribution is 0.379. The normalized spacial score (nSPS) is 11.9. The smallest absolute Gasteiger partial charge is 0.324 e. The predicted octanol–water partition coefficient (Wildman–Crippen LogP) is 2.83. The van der Waals surface area contributed by atoms with Crippen LogP contribution in [0.25, 0.3) is 0 Å². The van der Waals surface area contributed by atoms with Gasteiger partial charge in [-0.2, -0.15) is 0 Å². The SMILES string of the molecule is CCCCCCCSCP(=O)(O)O. The number of rotatable bonds is 8. The molecule has 0 aliphatic carbocycles. The van der Waals surface area contributed by atoms with Crippen molar-refractivity contribution in [1.82, 2.24) is 0 Å². The molecule has 13 heavy (non-hydrogen) atoms. The average Bonchev–Trinajstić information content (AvgIpc) is 2.01. The molecule has 0 aliphatic heterocycles. The van der Waals surface area contributed by atoms with Crippen molar-refractivity contribution >= 4 is 19.4 Å². The van der Waals surface area contributed by atoms with Gasteiger partial charge in [0.1, 0.15) is 0 Å². The fraction of sp³-hybridized carbons (Fsp3) is 1.00. The molecule has 0 saturated heterocycles. The molecule has 0 unspecified atom stereocenters. The lowest BCUT2D eigenvalue weighted by Gasteiger charge is -2.03. The van der Waals surface area contributed by atoms with E-state index >= 15 is 0 Å². The van der Waals surface area contributed by atoms with Crippen LogP contribution in [0.2, 0.25) is 0 Å². The second kappa shape index (κ2) is 7.86. The Hall–Kier alpha value is 0.500. The maximum Gasteiger partial charge on any atom is 0.335 e. The van der Waals surface area contributed by atoms with E-state index in [9.17, 15) is 4.57 Å². The zero-order valence-corrected chi connectivity index (χ0v) is 9.82. The molecule has 5 heteroatoms. The lowest BCUT2D eigenvalue weighted by atomic mass is 10.2. The number of thioether (sulfide) groups is 1. The van der Waals surface area contributed by atoms with Crippen LogP contribution in [0.4, 0.5) is 0 Å². The topological polar surface area (TPSA) is 57.5 Å². The Balaban J connectivity index is 3.04. The fourth-order valence-corrected chi connectivity index (χ4v) is 2.87. The van der Waals surface area contributed by atoms with Crippen LogP contribution in [0.5, 0.6) is 0 Å². The van der Waals surface area contributed by atoms with Gasteiger partial charge in [0.05, 0.1) is 5.49 Å². The van der Waals surface area contributed by atoms with Crippen molar-refractivity contribution in [3.63, 3.8) is 0 Å². The second-order valence-corrected chi connectivity index (χ2v) is 6.29. The van der Waals surface area contributed by atoms with Crippen molar-refractivity contribution in [1.29, 1.82) is 0 Å². The number of hydrogen-bond donors (Lipinski definition) is 2. The quantitative estimate of drug-likeness (QED) is 0.493. The van der Waals surface area contributed by atoms with Crippen molar-refractivity contribution in [2.45, 2.75) is 39.0 Å². The van der Waals surface area contributed by atoms with Gasteiger partial charge in [0, 0.05) is 0 Å². The van der Waals surface area contributed by atoms with E-state index in [1.54, 1.807) is 0 Å². The largest absolute Gasteiger partial charge is 0.335 e. The molecule has 3 nitrogen and oxygen atoms in total. The molecule has 0 spiro atoms. The molecule has 0 fully saturated rings. The summed E-state index contributed by atoms with van der Waals surface area (Å²) in [6, 6.07) is 0. The van der Waals surface area contributed by atoms with Gasteiger partial charge < -0.3 is 9.79 Å². The molecule has 0 aromatic rings. The second-order valence-electron chi connectivity index (χ2n) is 3.12. The van der Waals surface area contributed by atoms with Crippen LogP contribution in [0.15, 0.2) is 0 Å². The molecule has 0 aromatic carbocycles. The van der Waals surface area contributed by atoms with Crippen LogP contribution < -0.4 is 0 Å². The van der Waals surface area contributed by atoms with Gasteiger partial charge in [0.25, 0.3) is 0 Å². The molecule has 0 saturated carbocycles. The Morgan fingerprint density at radius 3 is 2.31 bits per heavy atom. The fourth-order valence-electron chi connectivity index (χ4n) is 0.991. The van der Waals surface area contributed by atoms with E-state index in [-0.39, 0.29) is 5.49 Å². The van der Waals surface area contributed by atoms with E-state index < -0.39 is 7.60 Å². The van der Waals surface area contributed by atoms with Gasteiger partial charge in [0.15, 0.2) is 0 Å². The highest BCUT2D eigenvalue weighted by Gasteiger charge is 2.11. The molecule has 0 aliphatic rings. The van der Waals surface area contributed by atoms with Gasteiger partial charge >= 0.3 is 7.60 Å². The molecule has 0 atom stereocenters. The van der Waals surface area contributed by atoms with Crippen LogP contribution in [0.3, 0.4) is 0 Å². The molecule has 0 aromatic heterocycles. The van der Waals surface area contributed by atoms with Crippen molar-refractivity contribution < 1.29 is 14.4 Å². The maximum atomic E-state index is 10.4. The summed E-state index contributed by atoms with van der Waals surface area (Å²) in [5.74, 6) is 0.870. The molecule has 0 radical (unpaired) electrons. The van der Waals surface area contributed by atoms with E-state index in [0.29, 0.717) is 0 Å². The standard InChI is InChI=1S/C8H19O3PS/c1-2-3-4-5-6-7-13-8-12(9,10)11/h2-8H2,1H3,(H2,9,10,11). The minimum atomic E-state index is -3.76. The van der Waals surface area contributed by atoms with Crippen LogP contribution in [-0.4, -0.2) is 21.0 Å². The zero-order valence-electron chi connectivity index (χ0n) is 8.11. The summed E-state index contributed by atoms with van der Waals surface area (Å²) >= 11 is 1.36. The van der Waals surface area contributed by atoms with Gasteiger partial charge in [-0.15, -0.1) is 11.8 Å². The van der Waals surface area contributed by atoms with E-state index in [2.05, 4.69) is 6.92 Å². The van der Waals surface area contributed by atoms with Gasteiger partial charge in [-0.3, -0.25) is 4.57 Å². The first-order chi connectivity index (χ1) is 6.06. The van der Waals surface area contributed by atoms with Crippen LogP contribution in [0, 0.1) is 0 Å². The monoisotopic (exact) mass is 226 g/mol. The minimum Gasteiger partial charge on any atom is -0.324 e. The predicted molar refractivity (Wildman–Crippen MR) is 58.1 cm³/mol. The molecule has 0 amide bonds. The van der Waals surface area contributed by atoms with Crippen LogP contribution in [-0.2, 0) is 4.57 Å². The van der Waals surface area contributed by atoms with Crippen molar-refractivity contribution in [3.8, 4) is 0 Å². The minimum absolute atomic E-state index is 0.0270. The van der Waals surface area contributed by atoms with E-state index in [1.807, 2.05) is 0 Å². The maximum absolute atomic E-state index is 10.4. The van der Waals surface area contributed by atoms with Crippen LogP contribution in [0.1, 0.15) is 39.0 Å². The zero-order chi connectivity index (χ0) is 10.2. The van der Waals surface area contributed by atoms with Gasteiger partial charge in [-0.05, 0) is 12.2 Å². The highest BCUT2D eigenvalue weighted by atomic mass is 32.2. The third-order valence-electron chi connectivity index (χ3n) is 1.65. The Bertz CT molecular complexity index is 157. The summed E-state index contributed by atoms with van der Waals surface area (Å²) in [5, 5.41) is 0. The van der Waals surface area contributed by atoms with E-state index in [0.717, 1.165) is 12.2 Å². The highest BCUT2D eigenvalue weighted by Crippen LogP contribution is 2.38. The third kappa shape index (κ3) is 12.5. The van der Waals surface area contributed by atoms with Crippen molar-refractivity contribution in [2.75, 3.05) is 11.2 Å². The first kappa shape index (κ1) is 13.5. The van der Waals surface area contributed by atoms with Crippen LogP contribution >= 0.6 is 19.4 Å². The Morgan fingerprint density at radius 1 is 1.15 bits per heavy atom. The molecule has 80 valence electrons. The first-order valence-corrected chi connectivity index (χ1v) is 7.64. The summed E-state index contributed by atoms with van der Waals surface area (Å²) in [7, 11) is -3.76. The van der Waals surface area contributed by atoms with Gasteiger partial charge in [0.2, 0.25) is 0 Å². The summed E-state index contributed by atoms with van der Waals surface area (Å²) in [6.07, 6.45) is 6.00. The van der Waals surface area contributed by atoms with E-state index in [4.69, 9.17) is 9.79 Å². The van der Waals surface area contributed by atoms with Gasteiger partial charge in [-0.25, -0.2) is 0 Å². The molecular weight excluding hydrogens is 207 g/mol. The lowest BCUT2D eigenvalue weighted by Crippen LogP contribution is -1.86. The van der Waals surface area contributed by atoms with E-state index in [1.165, 1.54) is 37.4 Å². The summed E-state index contributed by atoms with van der Waals surface area (Å²) in [6.45, 7) is 2.17. The Kier molecular flexibility index (Phi) is 8.17. The summed E-state index contributed by atoms with van der Waals surface area (Å²) in [5.41, 5.74) is -0.0270. The number of hydrogen-bond acceptors (Lipinski definition) is 2. The average molecular weight is 226 g/mol. The molecule has 0 heterocycles. The summed E-state index contributed by atoms with van der Waals surface area (Å²) in [4.78, 5) is 17.1. The van der Waals surface area contributed by atoms with Crippen molar-refractivity contribution in [3.05, 3.63) is 0 Å². The molecule has 2 N–H and O–H groups in total. The summed E-state index contributed by atoms with van der Waals surface area (Å²) < 4.78 is 10.4. The Morgan fingerprint density at radius 2 is 1.77 bits per heavy atom. The third-order valence-corrected chi connectivity index (χ3v) is 4.30. The van der Waals surface area contributed by atoms with Crippen molar-refractivity contribution in [2.24, 2.45) is 0 Å². The Labute approximate surface area is 84.5 Å². The molecule has 0 rings (SSSR count).